The summed E-state index contributed by atoms with van der Waals surface area (Å²) in [6.07, 6.45) is 0. The van der Waals surface area contributed by atoms with E-state index in [2.05, 4.69) is 0 Å². The first kappa shape index (κ1) is 6.49. The molecule has 0 saturated carbocycles. The van der Waals surface area contributed by atoms with Crippen LogP contribution in [0.1, 0.15) is 0 Å². The van der Waals surface area contributed by atoms with Gasteiger partial charge in [-0.25, -0.2) is 0 Å². The van der Waals surface area contributed by atoms with Gasteiger partial charge in [0.1, 0.15) is 5.75 Å². The summed E-state index contributed by atoms with van der Waals surface area (Å²) in [7, 11) is 0. The lowest BCUT2D eigenvalue weighted by molar-refractivity contribution is 0.479. The van der Waals surface area contributed by atoms with E-state index in [9.17, 15) is 5.11 Å². The number of rotatable bonds is 0. The molecule has 0 aliphatic heterocycles. The molecule has 0 atom stereocenters. The van der Waals surface area contributed by atoms with Crippen LogP contribution in [0.15, 0.2) is 23.6 Å². The highest BCUT2D eigenvalue weighted by molar-refractivity contribution is 7.17. The maximum absolute atomic E-state index is 9.22. The summed E-state index contributed by atoms with van der Waals surface area (Å²) in [6, 6.07) is 5.46. The zero-order valence-electron chi connectivity index (χ0n) is 5.74. The Morgan fingerprint density at radius 3 is 2.91 bits per heavy atom. The number of hydrogen-bond donors (Lipinski definition) is 2. The molecule has 2 aromatic rings. The van der Waals surface area contributed by atoms with Crippen LogP contribution in [0.5, 0.6) is 5.75 Å². The Hall–Kier alpha value is -1.22. The Kier molecular flexibility index (Phi) is 1.26. The van der Waals surface area contributed by atoms with Crippen molar-refractivity contribution in [1.29, 1.82) is 0 Å². The molecular formula is C8H7NOS. The van der Waals surface area contributed by atoms with Gasteiger partial charge in [-0.05, 0) is 29.0 Å². The van der Waals surface area contributed by atoms with Gasteiger partial charge in [0.25, 0.3) is 0 Å². The zero-order chi connectivity index (χ0) is 7.84. The minimum Gasteiger partial charge on any atom is -0.506 e. The summed E-state index contributed by atoms with van der Waals surface area (Å²) in [6.45, 7) is 0. The van der Waals surface area contributed by atoms with Gasteiger partial charge in [-0.15, -0.1) is 11.3 Å². The van der Waals surface area contributed by atoms with E-state index in [1.165, 1.54) is 0 Å². The van der Waals surface area contributed by atoms with Crippen molar-refractivity contribution >= 4 is 27.1 Å². The third kappa shape index (κ3) is 0.851. The molecule has 11 heavy (non-hydrogen) atoms. The van der Waals surface area contributed by atoms with Crippen LogP contribution in [0, 0.1) is 0 Å². The van der Waals surface area contributed by atoms with Crippen molar-refractivity contribution in [3.05, 3.63) is 23.6 Å². The van der Waals surface area contributed by atoms with Crippen molar-refractivity contribution in [2.45, 2.75) is 0 Å². The smallest absolute Gasteiger partial charge is 0.139 e. The number of nitrogen functional groups attached to an aromatic ring is 1. The summed E-state index contributed by atoms with van der Waals surface area (Å²) < 4.78 is 0.963. The molecule has 0 saturated heterocycles. The summed E-state index contributed by atoms with van der Waals surface area (Å²) >= 11 is 1.54. The fourth-order valence-electron chi connectivity index (χ4n) is 1.04. The lowest BCUT2D eigenvalue weighted by atomic mass is 10.2. The Morgan fingerprint density at radius 2 is 2.09 bits per heavy atom. The topological polar surface area (TPSA) is 46.2 Å². The largest absolute Gasteiger partial charge is 0.506 e. The SMILES string of the molecule is Nc1c(O)ccc2ccsc12. The van der Waals surface area contributed by atoms with Gasteiger partial charge in [0.05, 0.1) is 10.4 Å². The minimum atomic E-state index is 0.167. The van der Waals surface area contributed by atoms with Gasteiger partial charge in [-0.3, -0.25) is 0 Å². The van der Waals surface area contributed by atoms with E-state index in [1.807, 2.05) is 17.5 Å². The van der Waals surface area contributed by atoms with Gasteiger partial charge in [-0.1, -0.05) is 0 Å². The highest BCUT2D eigenvalue weighted by atomic mass is 32.1. The van der Waals surface area contributed by atoms with Crippen LogP contribution in [0.4, 0.5) is 5.69 Å². The number of phenolic OH excluding ortho intramolecular Hbond substituents is 1. The van der Waals surface area contributed by atoms with Crippen molar-refractivity contribution in [3.8, 4) is 5.75 Å². The first-order valence-corrected chi connectivity index (χ1v) is 4.11. The second kappa shape index (κ2) is 2.13. The van der Waals surface area contributed by atoms with Gasteiger partial charge in [-0.2, -0.15) is 0 Å². The predicted molar refractivity (Wildman–Crippen MR) is 47.9 cm³/mol. The molecule has 2 rings (SSSR count). The standard InChI is InChI=1S/C8H7NOS/c9-7-6(10)2-1-5-3-4-11-8(5)7/h1-4,10H,9H2. The molecular weight excluding hydrogens is 158 g/mol. The monoisotopic (exact) mass is 165 g/mol. The Morgan fingerprint density at radius 1 is 1.27 bits per heavy atom. The fraction of sp³-hybridized carbons (Fsp3) is 0. The second-order valence-electron chi connectivity index (χ2n) is 2.34. The highest BCUT2D eigenvalue weighted by Crippen LogP contribution is 2.32. The molecule has 0 fully saturated rings. The molecule has 0 radical (unpaired) electrons. The first-order chi connectivity index (χ1) is 5.29. The van der Waals surface area contributed by atoms with Crippen LogP contribution in [-0.2, 0) is 0 Å². The molecule has 2 nitrogen and oxygen atoms in total. The van der Waals surface area contributed by atoms with E-state index in [-0.39, 0.29) is 5.75 Å². The van der Waals surface area contributed by atoms with Crippen LogP contribution in [0.2, 0.25) is 0 Å². The quantitative estimate of drug-likeness (QED) is 0.464. The van der Waals surface area contributed by atoms with Crippen molar-refractivity contribution < 1.29 is 5.11 Å². The van der Waals surface area contributed by atoms with Gasteiger partial charge < -0.3 is 10.8 Å². The number of fused-ring (bicyclic) bond motifs is 1. The van der Waals surface area contributed by atoms with Crippen molar-refractivity contribution in [2.75, 3.05) is 5.73 Å². The molecule has 3 N–H and O–H groups in total. The first-order valence-electron chi connectivity index (χ1n) is 3.23. The lowest BCUT2D eigenvalue weighted by Crippen LogP contribution is -1.84. The molecule has 0 aliphatic carbocycles. The van der Waals surface area contributed by atoms with Gasteiger partial charge in [0.15, 0.2) is 0 Å². The van der Waals surface area contributed by atoms with E-state index < -0.39 is 0 Å². The summed E-state index contributed by atoms with van der Waals surface area (Å²) in [5.41, 5.74) is 6.11. The van der Waals surface area contributed by atoms with E-state index >= 15 is 0 Å². The average Bonchev–Trinajstić information content (AvgIpc) is 2.45. The van der Waals surface area contributed by atoms with E-state index in [0.717, 1.165) is 10.1 Å². The van der Waals surface area contributed by atoms with E-state index in [0.29, 0.717) is 5.69 Å². The molecule has 1 aromatic heterocycles. The number of hydrogen-bond acceptors (Lipinski definition) is 3. The van der Waals surface area contributed by atoms with E-state index in [1.54, 1.807) is 17.4 Å². The molecule has 1 aromatic carbocycles. The molecule has 3 heteroatoms. The fourth-order valence-corrected chi connectivity index (χ4v) is 1.90. The number of phenols is 1. The van der Waals surface area contributed by atoms with Crippen LogP contribution >= 0.6 is 11.3 Å². The number of nitrogens with two attached hydrogens (primary N) is 1. The van der Waals surface area contributed by atoms with Gasteiger partial charge in [0.2, 0.25) is 0 Å². The summed E-state index contributed by atoms with van der Waals surface area (Å²) in [5, 5.41) is 12.3. The van der Waals surface area contributed by atoms with Crippen LogP contribution in [0.25, 0.3) is 10.1 Å². The number of anilines is 1. The molecule has 1 heterocycles. The molecule has 0 bridgehead atoms. The molecule has 56 valence electrons. The third-order valence-corrected chi connectivity index (χ3v) is 2.60. The van der Waals surface area contributed by atoms with E-state index in [4.69, 9.17) is 5.73 Å². The van der Waals surface area contributed by atoms with Crippen molar-refractivity contribution in [2.24, 2.45) is 0 Å². The molecule has 0 unspecified atom stereocenters. The molecule has 0 aliphatic rings. The highest BCUT2D eigenvalue weighted by Gasteiger charge is 2.02. The number of thiophene rings is 1. The maximum Gasteiger partial charge on any atom is 0.139 e. The Balaban J connectivity index is 2.93. The molecule has 0 spiro atoms. The van der Waals surface area contributed by atoms with Gasteiger partial charge >= 0.3 is 0 Å². The van der Waals surface area contributed by atoms with Crippen molar-refractivity contribution in [1.82, 2.24) is 0 Å². The van der Waals surface area contributed by atoms with Crippen LogP contribution in [-0.4, -0.2) is 5.11 Å². The van der Waals surface area contributed by atoms with Gasteiger partial charge in [0, 0.05) is 0 Å². The Labute approximate surface area is 67.9 Å². The molecule has 0 amide bonds. The zero-order valence-corrected chi connectivity index (χ0v) is 6.56. The minimum absolute atomic E-state index is 0.167. The average molecular weight is 165 g/mol. The predicted octanol–water partition coefficient (Wildman–Crippen LogP) is 2.19. The maximum atomic E-state index is 9.22. The summed E-state index contributed by atoms with van der Waals surface area (Å²) in [4.78, 5) is 0. The summed E-state index contributed by atoms with van der Waals surface area (Å²) in [5.74, 6) is 0.167. The van der Waals surface area contributed by atoms with Crippen molar-refractivity contribution in [3.63, 3.8) is 0 Å². The number of benzene rings is 1. The third-order valence-electron chi connectivity index (χ3n) is 1.64. The second-order valence-corrected chi connectivity index (χ2v) is 3.25. The van der Waals surface area contributed by atoms with Crippen LogP contribution < -0.4 is 5.73 Å². The van der Waals surface area contributed by atoms with Crippen LogP contribution in [0.3, 0.4) is 0 Å². The normalized spacial score (nSPS) is 10.5. The Bertz CT molecular complexity index is 394. The lowest BCUT2D eigenvalue weighted by Gasteiger charge is -1.97. The number of aromatic hydroxyl groups is 1.